The zero-order chi connectivity index (χ0) is 15.1. The molecule has 0 saturated carbocycles. The summed E-state index contributed by atoms with van der Waals surface area (Å²) in [5.41, 5.74) is 6.33. The van der Waals surface area contributed by atoms with Crippen molar-refractivity contribution in [1.82, 2.24) is 19.5 Å². The predicted molar refractivity (Wildman–Crippen MR) is 67.7 cm³/mol. The van der Waals surface area contributed by atoms with Crippen LogP contribution in [0.3, 0.4) is 0 Å². The van der Waals surface area contributed by atoms with Crippen molar-refractivity contribution in [3.63, 3.8) is 0 Å². The van der Waals surface area contributed by atoms with Gasteiger partial charge >= 0.3 is 5.97 Å². The first-order valence-corrected chi connectivity index (χ1v) is 6.07. The Morgan fingerprint density at radius 1 is 1.38 bits per heavy atom. The summed E-state index contributed by atoms with van der Waals surface area (Å²) in [5.74, 6) is -0.598. The quantitative estimate of drug-likeness (QED) is 0.546. The number of carbonyl (C=O) groups excluding carboxylic acids is 1. The van der Waals surface area contributed by atoms with Crippen LogP contribution >= 0.6 is 0 Å². The van der Waals surface area contributed by atoms with E-state index in [1.807, 2.05) is 0 Å². The topological polar surface area (TPSA) is 146 Å². The molecule has 0 amide bonds. The SMILES string of the molecule is COC(=O)[C@H]1O[C@H](n2cnc3c(N)ncnc32)[C@H](O)[C@@H]1O. The summed E-state index contributed by atoms with van der Waals surface area (Å²) in [4.78, 5) is 23.4. The lowest BCUT2D eigenvalue weighted by molar-refractivity contribution is -0.158. The summed E-state index contributed by atoms with van der Waals surface area (Å²) < 4.78 is 11.3. The van der Waals surface area contributed by atoms with Gasteiger partial charge in [-0.2, -0.15) is 0 Å². The third-order valence-corrected chi connectivity index (χ3v) is 3.33. The second-order valence-electron chi connectivity index (χ2n) is 4.53. The number of anilines is 1. The molecule has 21 heavy (non-hydrogen) atoms. The van der Waals surface area contributed by atoms with Gasteiger partial charge in [0.1, 0.15) is 24.1 Å². The van der Waals surface area contributed by atoms with Gasteiger partial charge in [-0.25, -0.2) is 19.7 Å². The number of aliphatic hydroxyl groups excluding tert-OH is 2. The van der Waals surface area contributed by atoms with E-state index >= 15 is 0 Å². The number of methoxy groups -OCH3 is 1. The number of nitrogens with two attached hydrogens (primary N) is 1. The zero-order valence-corrected chi connectivity index (χ0v) is 10.9. The van der Waals surface area contributed by atoms with E-state index < -0.39 is 30.5 Å². The van der Waals surface area contributed by atoms with Crippen molar-refractivity contribution in [3.05, 3.63) is 12.7 Å². The summed E-state index contributed by atoms with van der Waals surface area (Å²) in [6.45, 7) is 0. The minimum absolute atomic E-state index is 0.177. The van der Waals surface area contributed by atoms with Crippen molar-refractivity contribution in [3.8, 4) is 0 Å². The molecule has 3 heterocycles. The normalized spacial score (nSPS) is 28.9. The molecular weight excluding hydrogens is 282 g/mol. The van der Waals surface area contributed by atoms with E-state index in [4.69, 9.17) is 10.5 Å². The molecule has 1 saturated heterocycles. The first-order valence-electron chi connectivity index (χ1n) is 6.07. The van der Waals surface area contributed by atoms with E-state index in [1.54, 1.807) is 0 Å². The van der Waals surface area contributed by atoms with Crippen molar-refractivity contribution in [2.24, 2.45) is 0 Å². The number of hydrogen-bond acceptors (Lipinski definition) is 9. The lowest BCUT2D eigenvalue weighted by atomic mass is 10.1. The van der Waals surface area contributed by atoms with Crippen LogP contribution in [-0.4, -0.2) is 61.1 Å². The highest BCUT2D eigenvalue weighted by atomic mass is 16.6. The van der Waals surface area contributed by atoms with Crippen molar-refractivity contribution in [2.45, 2.75) is 24.5 Å². The van der Waals surface area contributed by atoms with Crippen LogP contribution in [0.2, 0.25) is 0 Å². The first kappa shape index (κ1) is 13.7. The molecule has 1 aliphatic heterocycles. The Morgan fingerprint density at radius 3 is 2.86 bits per heavy atom. The van der Waals surface area contributed by atoms with Crippen LogP contribution < -0.4 is 5.73 Å². The van der Waals surface area contributed by atoms with Gasteiger partial charge in [-0.15, -0.1) is 0 Å². The smallest absolute Gasteiger partial charge is 0.337 e. The molecule has 4 N–H and O–H groups in total. The van der Waals surface area contributed by atoms with Crippen LogP contribution in [0.15, 0.2) is 12.7 Å². The van der Waals surface area contributed by atoms with Gasteiger partial charge < -0.3 is 25.4 Å². The average molecular weight is 295 g/mol. The van der Waals surface area contributed by atoms with Crippen molar-refractivity contribution in [1.29, 1.82) is 0 Å². The van der Waals surface area contributed by atoms with Crippen LogP contribution in [0.4, 0.5) is 5.82 Å². The number of aromatic nitrogens is 4. The third kappa shape index (κ3) is 2.00. The lowest BCUT2D eigenvalue weighted by Gasteiger charge is -2.16. The molecule has 0 radical (unpaired) electrons. The fourth-order valence-corrected chi connectivity index (χ4v) is 2.26. The van der Waals surface area contributed by atoms with Crippen molar-refractivity contribution >= 4 is 23.0 Å². The highest BCUT2D eigenvalue weighted by Gasteiger charge is 2.48. The molecule has 2 aromatic heterocycles. The van der Waals surface area contributed by atoms with Gasteiger partial charge in [0.15, 0.2) is 23.8 Å². The molecule has 0 aliphatic carbocycles. The molecule has 4 atom stereocenters. The Bertz CT molecular complexity index is 689. The minimum atomic E-state index is -1.42. The summed E-state index contributed by atoms with van der Waals surface area (Å²) in [7, 11) is 1.17. The van der Waals surface area contributed by atoms with Gasteiger partial charge in [0, 0.05) is 0 Å². The Morgan fingerprint density at radius 2 is 2.14 bits per heavy atom. The first-order chi connectivity index (χ1) is 10.0. The third-order valence-electron chi connectivity index (χ3n) is 3.33. The summed E-state index contributed by atoms with van der Waals surface area (Å²) in [6.07, 6.45) is -2.50. The van der Waals surface area contributed by atoms with Crippen LogP contribution in [0.5, 0.6) is 0 Å². The summed E-state index contributed by atoms with van der Waals surface area (Å²) in [6, 6.07) is 0. The molecule has 2 aromatic rings. The molecule has 0 unspecified atom stereocenters. The lowest BCUT2D eigenvalue weighted by Crippen LogP contribution is -2.36. The number of nitrogens with zero attached hydrogens (tertiary/aromatic N) is 4. The van der Waals surface area contributed by atoms with E-state index in [1.165, 1.54) is 24.3 Å². The molecule has 0 bridgehead atoms. The highest BCUT2D eigenvalue weighted by Crippen LogP contribution is 2.32. The number of nitrogen functional groups attached to an aromatic ring is 1. The second-order valence-corrected chi connectivity index (χ2v) is 4.53. The fourth-order valence-electron chi connectivity index (χ4n) is 2.26. The Hall–Kier alpha value is -2.30. The van der Waals surface area contributed by atoms with Crippen LogP contribution in [0.25, 0.3) is 11.2 Å². The van der Waals surface area contributed by atoms with Crippen LogP contribution in [0.1, 0.15) is 6.23 Å². The number of esters is 1. The standard InChI is InChI=1S/C11H13N5O5/c1-20-11(19)7-5(17)6(18)10(21-7)16-3-15-4-8(12)13-2-14-9(4)16/h2-3,5-7,10,17-18H,1H3,(H2,12,13,14)/t5-,6+,7-,10-/m0/s1. The Balaban J connectivity index is 2.00. The maximum absolute atomic E-state index is 11.5. The van der Waals surface area contributed by atoms with Gasteiger partial charge in [-0.3, -0.25) is 4.57 Å². The number of imidazole rings is 1. The molecule has 0 aromatic carbocycles. The molecule has 10 heteroatoms. The Kier molecular flexibility index (Phi) is 3.20. The van der Waals surface area contributed by atoms with Gasteiger partial charge in [-0.05, 0) is 0 Å². The number of fused-ring (bicyclic) bond motifs is 1. The summed E-state index contributed by atoms with van der Waals surface area (Å²) >= 11 is 0. The number of ether oxygens (including phenoxy) is 2. The van der Waals surface area contributed by atoms with Gasteiger partial charge in [0.2, 0.25) is 0 Å². The molecule has 3 rings (SSSR count). The van der Waals surface area contributed by atoms with E-state index in [0.29, 0.717) is 11.2 Å². The van der Waals surface area contributed by atoms with E-state index in [2.05, 4.69) is 19.7 Å². The monoisotopic (exact) mass is 295 g/mol. The minimum Gasteiger partial charge on any atom is -0.467 e. The molecular formula is C11H13N5O5. The highest BCUT2D eigenvalue weighted by molar-refractivity contribution is 5.81. The maximum atomic E-state index is 11.5. The number of aliphatic hydroxyl groups is 2. The number of rotatable bonds is 2. The molecule has 1 aliphatic rings. The molecule has 0 spiro atoms. The van der Waals surface area contributed by atoms with Crippen molar-refractivity contribution in [2.75, 3.05) is 12.8 Å². The second kappa shape index (κ2) is 4.91. The van der Waals surface area contributed by atoms with Gasteiger partial charge in [0.05, 0.1) is 13.4 Å². The van der Waals surface area contributed by atoms with E-state index in [0.717, 1.165) is 0 Å². The molecule has 1 fully saturated rings. The predicted octanol–water partition coefficient (Wildman–Crippen LogP) is -1.80. The molecule has 10 nitrogen and oxygen atoms in total. The van der Waals surface area contributed by atoms with Crippen LogP contribution in [0, 0.1) is 0 Å². The van der Waals surface area contributed by atoms with E-state index in [-0.39, 0.29) is 5.82 Å². The largest absolute Gasteiger partial charge is 0.467 e. The van der Waals surface area contributed by atoms with E-state index in [9.17, 15) is 15.0 Å². The number of hydrogen-bond donors (Lipinski definition) is 3. The Labute approximate surface area is 118 Å². The van der Waals surface area contributed by atoms with Gasteiger partial charge in [-0.1, -0.05) is 0 Å². The number of carbonyl (C=O) groups is 1. The molecule has 112 valence electrons. The van der Waals surface area contributed by atoms with Gasteiger partial charge in [0.25, 0.3) is 0 Å². The zero-order valence-electron chi connectivity index (χ0n) is 10.9. The maximum Gasteiger partial charge on any atom is 0.337 e. The summed E-state index contributed by atoms with van der Waals surface area (Å²) in [5, 5.41) is 20.0. The van der Waals surface area contributed by atoms with Crippen molar-refractivity contribution < 1.29 is 24.5 Å². The fraction of sp³-hybridized carbons (Fsp3) is 0.455. The average Bonchev–Trinajstić information content (AvgIpc) is 3.02. The van der Waals surface area contributed by atoms with Crippen LogP contribution in [-0.2, 0) is 14.3 Å².